The van der Waals surface area contributed by atoms with Crippen molar-refractivity contribution in [2.75, 3.05) is 6.54 Å². The van der Waals surface area contributed by atoms with Crippen LogP contribution in [0.4, 0.5) is 0 Å². The minimum absolute atomic E-state index is 0.196. The number of aryl methyl sites for hydroxylation is 2. The summed E-state index contributed by atoms with van der Waals surface area (Å²) in [6, 6.07) is 6.50. The molecule has 2 aromatic rings. The Bertz CT molecular complexity index is 686. The van der Waals surface area contributed by atoms with E-state index in [1.807, 2.05) is 12.4 Å². The van der Waals surface area contributed by atoms with Gasteiger partial charge in [-0.1, -0.05) is 12.8 Å². The second-order valence-corrected chi connectivity index (χ2v) is 8.05. The van der Waals surface area contributed by atoms with Crippen LogP contribution >= 0.6 is 11.3 Å². The maximum Gasteiger partial charge on any atom is 0.264 e. The predicted octanol–water partition coefficient (Wildman–Crippen LogP) is 4.78. The number of amides is 1. The number of nitrogens with zero attached hydrogens (tertiary/aromatic N) is 2. The van der Waals surface area contributed by atoms with Crippen LogP contribution in [0.1, 0.15) is 70.2 Å². The van der Waals surface area contributed by atoms with Crippen LogP contribution in [0.2, 0.25) is 0 Å². The highest BCUT2D eigenvalue weighted by Crippen LogP contribution is 2.35. The molecule has 0 saturated carbocycles. The molecule has 4 heteroatoms. The number of thiophene rings is 1. The zero-order chi connectivity index (χ0) is 16.4. The van der Waals surface area contributed by atoms with Gasteiger partial charge in [0.2, 0.25) is 0 Å². The number of carbonyl (C=O) groups is 1. The Hall–Kier alpha value is -1.68. The van der Waals surface area contributed by atoms with Crippen molar-refractivity contribution in [3.05, 3.63) is 51.5 Å². The van der Waals surface area contributed by atoms with Gasteiger partial charge in [-0.3, -0.25) is 9.78 Å². The van der Waals surface area contributed by atoms with Gasteiger partial charge in [-0.05, 0) is 67.9 Å². The number of aromatic nitrogens is 1. The molecule has 1 amide bonds. The number of rotatable bonds is 2. The molecule has 24 heavy (non-hydrogen) atoms. The summed E-state index contributed by atoms with van der Waals surface area (Å²) in [5, 5.41) is 0. The van der Waals surface area contributed by atoms with E-state index in [1.165, 1.54) is 41.7 Å². The van der Waals surface area contributed by atoms with Gasteiger partial charge in [-0.15, -0.1) is 11.3 Å². The minimum Gasteiger partial charge on any atom is -0.331 e. The average molecular weight is 340 g/mol. The Labute approximate surface area is 147 Å². The van der Waals surface area contributed by atoms with E-state index in [-0.39, 0.29) is 11.9 Å². The summed E-state index contributed by atoms with van der Waals surface area (Å²) in [7, 11) is 0. The molecule has 126 valence electrons. The first-order valence-corrected chi connectivity index (χ1v) is 9.97. The smallest absolute Gasteiger partial charge is 0.264 e. The lowest BCUT2D eigenvalue weighted by Gasteiger charge is -2.30. The van der Waals surface area contributed by atoms with Crippen LogP contribution < -0.4 is 0 Å². The first kappa shape index (κ1) is 15.8. The Morgan fingerprint density at radius 2 is 1.92 bits per heavy atom. The summed E-state index contributed by atoms with van der Waals surface area (Å²) in [5.74, 6) is 0.234. The monoisotopic (exact) mass is 340 g/mol. The summed E-state index contributed by atoms with van der Waals surface area (Å²) in [6.45, 7) is 0.869. The summed E-state index contributed by atoms with van der Waals surface area (Å²) < 4.78 is 0. The summed E-state index contributed by atoms with van der Waals surface area (Å²) in [5.41, 5.74) is 2.64. The second kappa shape index (κ2) is 7.06. The summed E-state index contributed by atoms with van der Waals surface area (Å²) in [6.07, 6.45) is 13.1. The lowest BCUT2D eigenvalue weighted by Crippen LogP contribution is -2.34. The number of likely N-dealkylation sites (tertiary alicyclic amines) is 1. The van der Waals surface area contributed by atoms with Crippen molar-refractivity contribution in [1.29, 1.82) is 0 Å². The minimum atomic E-state index is 0.196. The van der Waals surface area contributed by atoms with Crippen LogP contribution in [0.15, 0.2) is 30.6 Å². The first-order valence-electron chi connectivity index (χ1n) is 9.15. The number of hydrogen-bond acceptors (Lipinski definition) is 3. The molecular formula is C20H24N2OS. The van der Waals surface area contributed by atoms with E-state index in [0.717, 1.165) is 37.1 Å². The van der Waals surface area contributed by atoms with E-state index in [4.69, 9.17) is 0 Å². The zero-order valence-electron chi connectivity index (χ0n) is 14.0. The molecule has 3 nitrogen and oxygen atoms in total. The summed E-state index contributed by atoms with van der Waals surface area (Å²) in [4.78, 5) is 21.9. The largest absolute Gasteiger partial charge is 0.331 e. The summed E-state index contributed by atoms with van der Waals surface area (Å²) >= 11 is 1.74. The molecule has 2 aromatic heterocycles. The van der Waals surface area contributed by atoms with E-state index in [2.05, 4.69) is 28.1 Å². The van der Waals surface area contributed by atoms with E-state index >= 15 is 0 Å². The maximum absolute atomic E-state index is 13.3. The molecule has 1 aliphatic heterocycles. The zero-order valence-corrected chi connectivity index (χ0v) is 14.9. The molecule has 0 aromatic carbocycles. The SMILES string of the molecule is O=C(c1cc2c(s1)CCCC2)N1CCCCCC1c1ccncc1. The predicted molar refractivity (Wildman–Crippen MR) is 97.4 cm³/mol. The van der Waals surface area contributed by atoms with Crippen molar-refractivity contribution in [2.45, 2.75) is 57.4 Å². The van der Waals surface area contributed by atoms with Crippen LogP contribution in [0.25, 0.3) is 0 Å². The number of pyridine rings is 1. The highest BCUT2D eigenvalue weighted by molar-refractivity contribution is 7.14. The standard InChI is InChI=1S/C20H24N2OS/c23-20(19-14-16-6-3-4-8-18(16)24-19)22-13-5-1-2-7-17(22)15-9-11-21-12-10-15/h9-12,14,17H,1-8,13H2. The van der Waals surface area contributed by atoms with Crippen molar-refractivity contribution >= 4 is 17.2 Å². The molecule has 1 saturated heterocycles. The molecule has 4 rings (SSSR count). The van der Waals surface area contributed by atoms with Gasteiger partial charge in [0.25, 0.3) is 5.91 Å². The number of hydrogen-bond donors (Lipinski definition) is 0. The van der Waals surface area contributed by atoms with Crippen molar-refractivity contribution < 1.29 is 4.79 Å². The molecule has 0 radical (unpaired) electrons. The van der Waals surface area contributed by atoms with Gasteiger partial charge in [-0.25, -0.2) is 0 Å². The van der Waals surface area contributed by atoms with Crippen molar-refractivity contribution in [2.24, 2.45) is 0 Å². The molecule has 0 bridgehead atoms. The maximum atomic E-state index is 13.3. The Balaban J connectivity index is 1.63. The molecule has 1 atom stereocenters. The van der Waals surface area contributed by atoms with Gasteiger partial charge in [0.15, 0.2) is 0 Å². The molecule has 0 spiro atoms. The van der Waals surface area contributed by atoms with E-state index in [1.54, 1.807) is 11.3 Å². The third kappa shape index (κ3) is 3.12. The van der Waals surface area contributed by atoms with Crippen molar-refractivity contribution in [3.8, 4) is 0 Å². The highest BCUT2D eigenvalue weighted by Gasteiger charge is 2.29. The molecule has 1 aliphatic carbocycles. The van der Waals surface area contributed by atoms with Gasteiger partial charge < -0.3 is 4.90 Å². The third-order valence-electron chi connectivity index (χ3n) is 5.31. The van der Waals surface area contributed by atoms with E-state index in [9.17, 15) is 4.79 Å². The fourth-order valence-electron chi connectivity index (χ4n) is 4.02. The van der Waals surface area contributed by atoms with Gasteiger partial charge in [0, 0.05) is 23.8 Å². The lowest BCUT2D eigenvalue weighted by molar-refractivity contribution is 0.0686. The van der Waals surface area contributed by atoms with Crippen LogP contribution in [0.5, 0.6) is 0 Å². The van der Waals surface area contributed by atoms with Crippen LogP contribution in [-0.4, -0.2) is 22.3 Å². The van der Waals surface area contributed by atoms with Crippen molar-refractivity contribution in [3.63, 3.8) is 0 Å². The van der Waals surface area contributed by atoms with Crippen LogP contribution in [0.3, 0.4) is 0 Å². The van der Waals surface area contributed by atoms with Gasteiger partial charge in [-0.2, -0.15) is 0 Å². The van der Waals surface area contributed by atoms with Crippen LogP contribution in [0, 0.1) is 0 Å². The fraction of sp³-hybridized carbons (Fsp3) is 0.500. The molecule has 1 fully saturated rings. The Morgan fingerprint density at radius 1 is 1.08 bits per heavy atom. The fourth-order valence-corrected chi connectivity index (χ4v) is 5.23. The third-order valence-corrected chi connectivity index (χ3v) is 6.54. The topological polar surface area (TPSA) is 33.2 Å². The van der Waals surface area contributed by atoms with E-state index in [0.29, 0.717) is 0 Å². The van der Waals surface area contributed by atoms with E-state index < -0.39 is 0 Å². The number of carbonyl (C=O) groups excluding carboxylic acids is 1. The van der Waals surface area contributed by atoms with Gasteiger partial charge >= 0.3 is 0 Å². The molecule has 0 N–H and O–H groups in total. The Kier molecular flexibility index (Phi) is 4.65. The van der Waals surface area contributed by atoms with Gasteiger partial charge in [0.1, 0.15) is 0 Å². The van der Waals surface area contributed by atoms with Gasteiger partial charge in [0.05, 0.1) is 10.9 Å². The number of fused-ring (bicyclic) bond motifs is 1. The normalized spacial score (nSPS) is 21.2. The first-order chi connectivity index (χ1) is 11.8. The second-order valence-electron chi connectivity index (χ2n) is 6.91. The van der Waals surface area contributed by atoms with Crippen molar-refractivity contribution in [1.82, 2.24) is 9.88 Å². The Morgan fingerprint density at radius 3 is 2.75 bits per heavy atom. The van der Waals surface area contributed by atoms with Crippen LogP contribution in [-0.2, 0) is 12.8 Å². The molecule has 1 unspecified atom stereocenters. The quantitative estimate of drug-likeness (QED) is 0.788. The molecule has 3 heterocycles. The average Bonchev–Trinajstić information content (AvgIpc) is 2.91. The highest BCUT2D eigenvalue weighted by atomic mass is 32.1. The lowest BCUT2D eigenvalue weighted by atomic mass is 9.99. The molecular weight excluding hydrogens is 316 g/mol. The molecule has 2 aliphatic rings.